The predicted molar refractivity (Wildman–Crippen MR) is 73.6 cm³/mol. The zero-order valence-corrected chi connectivity index (χ0v) is 11.0. The largest absolute Gasteiger partial charge is 0.381 e. The van der Waals surface area contributed by atoms with Crippen LogP contribution in [0.2, 0.25) is 0 Å². The van der Waals surface area contributed by atoms with Gasteiger partial charge in [-0.2, -0.15) is 0 Å². The second-order valence-electron chi connectivity index (χ2n) is 5.86. The highest BCUT2D eigenvalue weighted by Crippen LogP contribution is 2.42. The molecule has 1 aromatic rings. The third-order valence-corrected chi connectivity index (χ3v) is 4.73. The van der Waals surface area contributed by atoms with Crippen molar-refractivity contribution in [2.75, 3.05) is 26.3 Å². The molecule has 0 radical (unpaired) electrons. The molecule has 2 aliphatic heterocycles. The van der Waals surface area contributed by atoms with E-state index in [1.54, 1.807) is 0 Å². The van der Waals surface area contributed by atoms with Crippen LogP contribution >= 0.6 is 0 Å². The number of hydrogen-bond donors (Lipinski definition) is 1. The normalized spacial score (nSPS) is 32.6. The van der Waals surface area contributed by atoms with Crippen LogP contribution in [0.4, 0.5) is 0 Å². The van der Waals surface area contributed by atoms with Gasteiger partial charge in [0.1, 0.15) is 0 Å². The van der Waals surface area contributed by atoms with Crippen molar-refractivity contribution in [3.05, 3.63) is 35.9 Å². The van der Waals surface area contributed by atoms with Gasteiger partial charge in [0.2, 0.25) is 0 Å². The Bertz CT molecular complexity index is 362. The summed E-state index contributed by atoms with van der Waals surface area (Å²) in [5.74, 6) is 0.731. The lowest BCUT2D eigenvalue weighted by Gasteiger charge is -2.47. The lowest BCUT2D eigenvalue weighted by Crippen LogP contribution is -2.50. The lowest BCUT2D eigenvalue weighted by molar-refractivity contribution is -0.0572. The molecular formula is C16H23NO. The molecule has 0 aromatic heterocycles. The molecule has 2 fully saturated rings. The van der Waals surface area contributed by atoms with Crippen LogP contribution in [0.15, 0.2) is 30.3 Å². The van der Waals surface area contributed by atoms with Gasteiger partial charge in [-0.3, -0.25) is 0 Å². The summed E-state index contributed by atoms with van der Waals surface area (Å²) >= 11 is 0. The predicted octanol–water partition coefficient (Wildman–Crippen LogP) is 2.64. The summed E-state index contributed by atoms with van der Waals surface area (Å²) in [6, 6.07) is 10.9. The van der Waals surface area contributed by atoms with Crippen LogP contribution < -0.4 is 5.32 Å². The maximum Gasteiger partial charge on any atom is 0.0526 e. The molecule has 1 spiro atoms. The van der Waals surface area contributed by atoms with Crippen molar-refractivity contribution in [3.8, 4) is 0 Å². The molecular weight excluding hydrogens is 222 g/mol. The number of piperidine rings is 1. The van der Waals surface area contributed by atoms with Gasteiger partial charge in [-0.05, 0) is 55.7 Å². The Morgan fingerprint density at radius 1 is 1.22 bits per heavy atom. The van der Waals surface area contributed by atoms with E-state index in [1.807, 2.05) is 0 Å². The first-order valence-corrected chi connectivity index (χ1v) is 7.21. The molecule has 2 heterocycles. The van der Waals surface area contributed by atoms with Gasteiger partial charge < -0.3 is 10.1 Å². The topological polar surface area (TPSA) is 21.3 Å². The van der Waals surface area contributed by atoms with E-state index in [0.717, 1.165) is 32.2 Å². The minimum Gasteiger partial charge on any atom is -0.381 e. The maximum atomic E-state index is 5.80. The van der Waals surface area contributed by atoms with Crippen molar-refractivity contribution in [1.29, 1.82) is 0 Å². The van der Waals surface area contributed by atoms with Gasteiger partial charge in [-0.1, -0.05) is 30.3 Å². The molecule has 18 heavy (non-hydrogen) atoms. The Kier molecular flexibility index (Phi) is 3.67. The van der Waals surface area contributed by atoms with Crippen molar-refractivity contribution in [2.24, 2.45) is 11.3 Å². The zero-order chi connectivity index (χ0) is 12.3. The molecule has 2 unspecified atom stereocenters. The molecule has 2 saturated heterocycles. The molecule has 0 bridgehead atoms. The van der Waals surface area contributed by atoms with Crippen molar-refractivity contribution in [1.82, 2.24) is 5.32 Å². The Labute approximate surface area is 110 Å². The Balaban J connectivity index is 1.75. The maximum absolute atomic E-state index is 5.80. The quantitative estimate of drug-likeness (QED) is 0.865. The summed E-state index contributed by atoms with van der Waals surface area (Å²) in [6.07, 6.45) is 5.07. The minimum atomic E-state index is 0.444. The first-order chi connectivity index (χ1) is 8.89. The van der Waals surface area contributed by atoms with Crippen molar-refractivity contribution in [3.63, 3.8) is 0 Å². The van der Waals surface area contributed by atoms with E-state index >= 15 is 0 Å². The first-order valence-electron chi connectivity index (χ1n) is 7.21. The van der Waals surface area contributed by atoms with E-state index in [4.69, 9.17) is 4.74 Å². The van der Waals surface area contributed by atoms with Crippen LogP contribution in [0.3, 0.4) is 0 Å². The second-order valence-corrected chi connectivity index (χ2v) is 5.86. The van der Waals surface area contributed by atoms with Gasteiger partial charge in [0.15, 0.2) is 0 Å². The fourth-order valence-electron chi connectivity index (χ4n) is 3.61. The van der Waals surface area contributed by atoms with E-state index in [9.17, 15) is 0 Å². The molecule has 0 aliphatic carbocycles. The Hall–Kier alpha value is -0.860. The van der Waals surface area contributed by atoms with Gasteiger partial charge in [0.25, 0.3) is 0 Å². The summed E-state index contributed by atoms with van der Waals surface area (Å²) in [7, 11) is 0. The molecule has 1 aromatic carbocycles. The molecule has 2 heteroatoms. The summed E-state index contributed by atoms with van der Waals surface area (Å²) in [5.41, 5.74) is 1.91. The summed E-state index contributed by atoms with van der Waals surface area (Å²) < 4.78 is 5.80. The van der Waals surface area contributed by atoms with Crippen LogP contribution in [0.1, 0.15) is 24.8 Å². The fraction of sp³-hybridized carbons (Fsp3) is 0.625. The smallest absolute Gasteiger partial charge is 0.0526 e. The molecule has 98 valence electrons. The molecule has 0 amide bonds. The van der Waals surface area contributed by atoms with Gasteiger partial charge in [0.05, 0.1) is 6.61 Å². The molecule has 2 atom stereocenters. The van der Waals surface area contributed by atoms with Crippen LogP contribution in [-0.2, 0) is 11.2 Å². The number of ether oxygens (including phenoxy) is 1. The van der Waals surface area contributed by atoms with E-state index in [0.29, 0.717) is 5.41 Å². The van der Waals surface area contributed by atoms with E-state index in [-0.39, 0.29) is 0 Å². The van der Waals surface area contributed by atoms with Crippen LogP contribution in [0.25, 0.3) is 0 Å². The average Bonchev–Trinajstić information content (AvgIpc) is 2.44. The van der Waals surface area contributed by atoms with Crippen molar-refractivity contribution in [2.45, 2.75) is 25.7 Å². The van der Waals surface area contributed by atoms with Crippen LogP contribution in [0.5, 0.6) is 0 Å². The molecule has 1 N–H and O–H groups in total. The zero-order valence-electron chi connectivity index (χ0n) is 11.0. The van der Waals surface area contributed by atoms with Gasteiger partial charge in [-0.15, -0.1) is 0 Å². The van der Waals surface area contributed by atoms with Gasteiger partial charge >= 0.3 is 0 Å². The fourth-order valence-corrected chi connectivity index (χ4v) is 3.61. The summed E-state index contributed by atoms with van der Waals surface area (Å²) in [5, 5.41) is 3.57. The Morgan fingerprint density at radius 3 is 2.89 bits per heavy atom. The van der Waals surface area contributed by atoms with Crippen LogP contribution in [0, 0.1) is 11.3 Å². The van der Waals surface area contributed by atoms with Crippen molar-refractivity contribution < 1.29 is 4.74 Å². The number of benzene rings is 1. The highest BCUT2D eigenvalue weighted by atomic mass is 16.5. The summed E-state index contributed by atoms with van der Waals surface area (Å²) in [4.78, 5) is 0. The molecule has 2 nitrogen and oxygen atoms in total. The SMILES string of the molecule is c1ccc(CC2CNCCC23CCCOC3)cc1. The van der Waals surface area contributed by atoms with Gasteiger partial charge in [0, 0.05) is 6.61 Å². The van der Waals surface area contributed by atoms with E-state index in [2.05, 4.69) is 35.6 Å². The highest BCUT2D eigenvalue weighted by molar-refractivity contribution is 5.16. The lowest BCUT2D eigenvalue weighted by atomic mass is 9.66. The number of hydrogen-bond acceptors (Lipinski definition) is 2. The first kappa shape index (κ1) is 12.2. The van der Waals surface area contributed by atoms with Crippen LogP contribution in [-0.4, -0.2) is 26.3 Å². The highest BCUT2D eigenvalue weighted by Gasteiger charge is 2.41. The van der Waals surface area contributed by atoms with E-state index in [1.165, 1.54) is 31.2 Å². The third kappa shape index (κ3) is 2.45. The van der Waals surface area contributed by atoms with E-state index < -0.39 is 0 Å². The minimum absolute atomic E-state index is 0.444. The molecule has 2 aliphatic rings. The number of nitrogens with one attached hydrogen (secondary N) is 1. The Morgan fingerprint density at radius 2 is 2.11 bits per heavy atom. The third-order valence-electron chi connectivity index (χ3n) is 4.73. The second kappa shape index (κ2) is 5.41. The average molecular weight is 245 g/mol. The van der Waals surface area contributed by atoms with Gasteiger partial charge in [-0.25, -0.2) is 0 Å². The standard InChI is InChI=1S/C16H23NO/c1-2-5-14(6-3-1)11-15-12-17-9-8-16(15)7-4-10-18-13-16/h1-3,5-6,15,17H,4,7-13H2. The monoisotopic (exact) mass is 245 g/mol. The number of rotatable bonds is 2. The molecule has 3 rings (SSSR count). The molecule has 0 saturated carbocycles. The summed E-state index contributed by atoms with van der Waals surface area (Å²) in [6.45, 7) is 4.26. The van der Waals surface area contributed by atoms with Crippen molar-refractivity contribution >= 4 is 0 Å².